The fourth-order valence-electron chi connectivity index (χ4n) is 2.45. The van der Waals surface area contributed by atoms with E-state index in [9.17, 15) is 9.59 Å². The third kappa shape index (κ3) is 4.08. The van der Waals surface area contributed by atoms with E-state index in [0.29, 0.717) is 32.7 Å². The van der Waals surface area contributed by atoms with Crippen LogP contribution in [0, 0.1) is 0 Å². The highest BCUT2D eigenvalue weighted by Gasteiger charge is 2.24. The molecule has 0 unspecified atom stereocenters. The third-order valence-corrected chi connectivity index (χ3v) is 5.24. The van der Waals surface area contributed by atoms with Crippen molar-refractivity contribution >= 4 is 34.6 Å². The number of carbonyl (C=O) groups excluding carboxylic acids is 2. The molecule has 1 aliphatic rings. The molecule has 1 fully saturated rings. The molecule has 0 saturated carbocycles. The van der Waals surface area contributed by atoms with E-state index in [1.54, 1.807) is 27.3 Å². The highest BCUT2D eigenvalue weighted by Crippen LogP contribution is 2.12. The zero-order valence-electron chi connectivity index (χ0n) is 12.6. The molecule has 3 rings (SSSR count). The standard InChI is InChI=1S/C15H18N4O2S2/c20-14(12-2-9-22-11-12)18-5-7-19(8-6-18)15(21)17-3-1-13-16-4-10-23-13/h2,4,9-11H,1,3,5-8H2,(H,17,21). The van der Waals surface area contributed by atoms with Gasteiger partial charge in [-0.25, -0.2) is 9.78 Å². The van der Waals surface area contributed by atoms with Gasteiger partial charge < -0.3 is 15.1 Å². The van der Waals surface area contributed by atoms with Gasteiger partial charge in [0.15, 0.2) is 0 Å². The highest BCUT2D eigenvalue weighted by atomic mass is 32.1. The fourth-order valence-corrected chi connectivity index (χ4v) is 3.70. The van der Waals surface area contributed by atoms with Gasteiger partial charge in [0, 0.05) is 56.1 Å². The molecule has 1 aliphatic heterocycles. The summed E-state index contributed by atoms with van der Waals surface area (Å²) in [4.78, 5) is 32.1. The summed E-state index contributed by atoms with van der Waals surface area (Å²) >= 11 is 3.11. The Kier molecular flexibility index (Phi) is 5.24. The lowest BCUT2D eigenvalue weighted by molar-refractivity contribution is 0.0665. The maximum atomic E-state index is 12.2. The van der Waals surface area contributed by atoms with Gasteiger partial charge in [-0.3, -0.25) is 4.79 Å². The largest absolute Gasteiger partial charge is 0.338 e. The summed E-state index contributed by atoms with van der Waals surface area (Å²) in [5.41, 5.74) is 0.733. The Morgan fingerprint density at radius 1 is 1.17 bits per heavy atom. The SMILES string of the molecule is O=C(NCCc1nccs1)N1CCN(C(=O)c2ccsc2)CC1. The van der Waals surface area contributed by atoms with Crippen LogP contribution in [0.1, 0.15) is 15.4 Å². The van der Waals surface area contributed by atoms with Crippen LogP contribution in [-0.2, 0) is 6.42 Å². The van der Waals surface area contributed by atoms with E-state index >= 15 is 0 Å². The molecule has 1 N–H and O–H groups in total. The predicted molar refractivity (Wildman–Crippen MR) is 91.0 cm³/mol. The third-order valence-electron chi connectivity index (χ3n) is 3.72. The Balaban J connectivity index is 1.41. The van der Waals surface area contributed by atoms with E-state index in [4.69, 9.17) is 0 Å². The molecular weight excluding hydrogens is 332 g/mol. The minimum Gasteiger partial charge on any atom is -0.338 e. The first kappa shape index (κ1) is 15.9. The van der Waals surface area contributed by atoms with Crippen molar-refractivity contribution in [2.75, 3.05) is 32.7 Å². The smallest absolute Gasteiger partial charge is 0.317 e. The first-order chi connectivity index (χ1) is 11.2. The first-order valence-corrected chi connectivity index (χ1v) is 9.29. The summed E-state index contributed by atoms with van der Waals surface area (Å²) in [6.07, 6.45) is 2.52. The number of thiazole rings is 1. The number of nitrogens with one attached hydrogen (secondary N) is 1. The molecule has 122 valence electrons. The average Bonchev–Trinajstić information content (AvgIpc) is 3.28. The monoisotopic (exact) mass is 350 g/mol. The minimum atomic E-state index is -0.0656. The van der Waals surface area contributed by atoms with Crippen LogP contribution < -0.4 is 5.32 Å². The maximum absolute atomic E-state index is 12.2. The molecule has 0 bridgehead atoms. The number of carbonyl (C=O) groups is 2. The second-order valence-electron chi connectivity index (χ2n) is 5.20. The normalized spacial score (nSPS) is 14.8. The topological polar surface area (TPSA) is 65.5 Å². The molecule has 8 heteroatoms. The number of urea groups is 1. The average molecular weight is 350 g/mol. The van der Waals surface area contributed by atoms with Gasteiger partial charge in [-0.15, -0.1) is 11.3 Å². The molecule has 0 aromatic carbocycles. The Bertz CT molecular complexity index is 635. The van der Waals surface area contributed by atoms with Crippen LogP contribution in [-0.4, -0.2) is 59.4 Å². The lowest BCUT2D eigenvalue weighted by Gasteiger charge is -2.34. The van der Waals surface area contributed by atoms with Crippen LogP contribution in [0.2, 0.25) is 0 Å². The number of thiophene rings is 1. The van der Waals surface area contributed by atoms with Crippen LogP contribution in [0.3, 0.4) is 0 Å². The number of amides is 3. The van der Waals surface area contributed by atoms with Crippen molar-refractivity contribution in [3.8, 4) is 0 Å². The van der Waals surface area contributed by atoms with Crippen LogP contribution in [0.25, 0.3) is 0 Å². The molecule has 0 atom stereocenters. The number of nitrogens with zero attached hydrogens (tertiary/aromatic N) is 3. The molecule has 0 aliphatic carbocycles. The highest BCUT2D eigenvalue weighted by molar-refractivity contribution is 7.09. The molecular formula is C15H18N4O2S2. The Labute approximate surface area is 142 Å². The van der Waals surface area contributed by atoms with E-state index in [1.165, 1.54) is 11.3 Å². The van der Waals surface area contributed by atoms with Gasteiger partial charge in [0.1, 0.15) is 0 Å². The summed E-state index contributed by atoms with van der Waals surface area (Å²) in [6.45, 7) is 2.88. The molecule has 23 heavy (non-hydrogen) atoms. The summed E-state index contributed by atoms with van der Waals surface area (Å²) in [6, 6.07) is 1.77. The van der Waals surface area contributed by atoms with Gasteiger partial charge in [-0.2, -0.15) is 11.3 Å². The lowest BCUT2D eigenvalue weighted by atomic mass is 10.2. The van der Waals surface area contributed by atoms with Gasteiger partial charge in [0.2, 0.25) is 0 Å². The van der Waals surface area contributed by atoms with Gasteiger partial charge in [-0.05, 0) is 11.4 Å². The first-order valence-electron chi connectivity index (χ1n) is 7.46. The van der Waals surface area contributed by atoms with E-state index in [1.807, 2.05) is 22.2 Å². The van der Waals surface area contributed by atoms with Crippen LogP contribution in [0.5, 0.6) is 0 Å². The Morgan fingerprint density at radius 2 is 1.96 bits per heavy atom. The van der Waals surface area contributed by atoms with Crippen LogP contribution in [0.15, 0.2) is 28.4 Å². The number of rotatable bonds is 4. The van der Waals surface area contributed by atoms with E-state index in [2.05, 4.69) is 10.3 Å². The van der Waals surface area contributed by atoms with Crippen molar-refractivity contribution in [2.45, 2.75) is 6.42 Å². The van der Waals surface area contributed by atoms with Crippen molar-refractivity contribution in [3.05, 3.63) is 39.0 Å². The van der Waals surface area contributed by atoms with Gasteiger partial charge in [0.25, 0.3) is 5.91 Å². The van der Waals surface area contributed by atoms with E-state index in [0.717, 1.165) is 17.0 Å². The van der Waals surface area contributed by atoms with Crippen molar-refractivity contribution in [1.82, 2.24) is 20.1 Å². The molecule has 3 heterocycles. The van der Waals surface area contributed by atoms with Crippen molar-refractivity contribution in [2.24, 2.45) is 0 Å². The van der Waals surface area contributed by atoms with Crippen LogP contribution >= 0.6 is 22.7 Å². The van der Waals surface area contributed by atoms with Crippen molar-refractivity contribution in [3.63, 3.8) is 0 Å². The van der Waals surface area contributed by atoms with Gasteiger partial charge in [-0.1, -0.05) is 0 Å². The summed E-state index contributed by atoms with van der Waals surface area (Å²) in [7, 11) is 0. The summed E-state index contributed by atoms with van der Waals surface area (Å²) < 4.78 is 0. The number of aromatic nitrogens is 1. The Morgan fingerprint density at radius 3 is 2.61 bits per heavy atom. The van der Waals surface area contributed by atoms with Gasteiger partial charge in [0.05, 0.1) is 10.6 Å². The quantitative estimate of drug-likeness (QED) is 0.916. The second kappa shape index (κ2) is 7.56. The maximum Gasteiger partial charge on any atom is 0.317 e. The molecule has 2 aromatic rings. The fraction of sp³-hybridized carbons (Fsp3) is 0.400. The van der Waals surface area contributed by atoms with E-state index < -0.39 is 0 Å². The molecule has 3 amide bonds. The molecule has 0 spiro atoms. The van der Waals surface area contributed by atoms with Crippen molar-refractivity contribution in [1.29, 1.82) is 0 Å². The Hall–Kier alpha value is -1.93. The lowest BCUT2D eigenvalue weighted by Crippen LogP contribution is -2.53. The second-order valence-corrected chi connectivity index (χ2v) is 6.96. The van der Waals surface area contributed by atoms with Crippen LogP contribution in [0.4, 0.5) is 4.79 Å². The number of hydrogen-bond donors (Lipinski definition) is 1. The molecule has 2 aromatic heterocycles. The van der Waals surface area contributed by atoms with Gasteiger partial charge >= 0.3 is 6.03 Å². The zero-order chi connectivity index (χ0) is 16.1. The summed E-state index contributed by atoms with van der Waals surface area (Å²) in [5.74, 6) is 0.0510. The predicted octanol–water partition coefficient (Wildman–Crippen LogP) is 1.91. The van der Waals surface area contributed by atoms with E-state index in [-0.39, 0.29) is 11.9 Å². The summed E-state index contributed by atoms with van der Waals surface area (Å²) in [5, 5.41) is 9.63. The molecule has 1 saturated heterocycles. The molecule has 0 radical (unpaired) electrons. The molecule has 6 nitrogen and oxygen atoms in total. The zero-order valence-corrected chi connectivity index (χ0v) is 14.2. The minimum absolute atomic E-state index is 0.0510. The van der Waals surface area contributed by atoms with Crippen molar-refractivity contribution < 1.29 is 9.59 Å². The number of piperazine rings is 1. The number of hydrogen-bond acceptors (Lipinski definition) is 5.